The maximum absolute atomic E-state index is 14.7. The molecule has 0 unspecified atom stereocenters. The number of fused-ring (bicyclic) bond motifs is 1. The molecule has 1 aromatic carbocycles. The number of carbonyl (C=O) groups excluding carboxylic acids is 1. The first-order valence-electron chi connectivity index (χ1n) is 6.84. The van der Waals surface area contributed by atoms with Gasteiger partial charge in [-0.25, -0.2) is 4.39 Å². The molecule has 1 N–H and O–H groups in total. The van der Waals surface area contributed by atoms with Crippen molar-refractivity contribution < 1.29 is 9.18 Å². The number of hydrogen-bond donors (Lipinski definition) is 1. The number of benzene rings is 1. The molecule has 3 aromatic rings. The summed E-state index contributed by atoms with van der Waals surface area (Å²) in [4.78, 5) is 19.7. The van der Waals surface area contributed by atoms with Gasteiger partial charge in [-0.1, -0.05) is 18.2 Å². The van der Waals surface area contributed by atoms with Crippen LogP contribution in [0.4, 0.5) is 4.39 Å². The normalized spacial score (nSPS) is 10.7. The predicted octanol–water partition coefficient (Wildman–Crippen LogP) is 3.10. The molecular weight excluding hydrogens is 281 g/mol. The van der Waals surface area contributed by atoms with Gasteiger partial charge in [-0.15, -0.1) is 0 Å². The predicted molar refractivity (Wildman–Crippen MR) is 83.1 cm³/mol. The Labute approximate surface area is 127 Å². The average molecular weight is 295 g/mol. The number of hydrogen-bond acceptors (Lipinski definition) is 3. The molecule has 0 aliphatic rings. The van der Waals surface area contributed by atoms with Crippen LogP contribution in [0, 0.1) is 12.7 Å². The van der Waals surface area contributed by atoms with E-state index in [-0.39, 0.29) is 23.1 Å². The van der Waals surface area contributed by atoms with Gasteiger partial charge in [0.2, 0.25) is 0 Å². The summed E-state index contributed by atoms with van der Waals surface area (Å²) in [7, 11) is 1.53. The number of carbonyl (C=O) groups is 1. The Kier molecular flexibility index (Phi) is 3.55. The third-order valence-electron chi connectivity index (χ3n) is 3.59. The molecule has 0 radical (unpaired) electrons. The molecule has 5 heteroatoms. The molecule has 4 nitrogen and oxygen atoms in total. The Morgan fingerprint density at radius 1 is 1.09 bits per heavy atom. The second-order valence-electron chi connectivity index (χ2n) is 4.97. The van der Waals surface area contributed by atoms with Crippen molar-refractivity contribution in [1.82, 2.24) is 15.3 Å². The van der Waals surface area contributed by atoms with Crippen molar-refractivity contribution in [1.29, 1.82) is 0 Å². The fourth-order valence-corrected chi connectivity index (χ4v) is 2.35. The van der Waals surface area contributed by atoms with Crippen LogP contribution in [0.3, 0.4) is 0 Å². The van der Waals surface area contributed by atoms with Crippen molar-refractivity contribution in [3.05, 3.63) is 59.8 Å². The zero-order valence-corrected chi connectivity index (χ0v) is 12.2. The van der Waals surface area contributed by atoms with E-state index in [4.69, 9.17) is 0 Å². The van der Waals surface area contributed by atoms with Crippen LogP contribution in [0.15, 0.2) is 42.7 Å². The van der Waals surface area contributed by atoms with Crippen LogP contribution in [-0.2, 0) is 0 Å². The van der Waals surface area contributed by atoms with Gasteiger partial charge in [-0.05, 0) is 24.6 Å². The van der Waals surface area contributed by atoms with Crippen molar-refractivity contribution in [3.63, 3.8) is 0 Å². The second-order valence-corrected chi connectivity index (χ2v) is 4.97. The van der Waals surface area contributed by atoms with Crippen molar-refractivity contribution in [2.24, 2.45) is 0 Å². The van der Waals surface area contributed by atoms with Gasteiger partial charge in [-0.3, -0.25) is 14.8 Å². The highest BCUT2D eigenvalue weighted by molar-refractivity contribution is 5.92. The first kappa shape index (κ1) is 14.1. The van der Waals surface area contributed by atoms with Crippen molar-refractivity contribution in [3.8, 4) is 11.3 Å². The number of halogens is 1. The zero-order chi connectivity index (χ0) is 15.7. The summed E-state index contributed by atoms with van der Waals surface area (Å²) in [6, 6.07) is 8.66. The minimum atomic E-state index is -0.379. The lowest BCUT2D eigenvalue weighted by Gasteiger charge is -2.08. The summed E-state index contributed by atoms with van der Waals surface area (Å²) in [6.45, 7) is 1.92. The van der Waals surface area contributed by atoms with Gasteiger partial charge in [0.1, 0.15) is 11.4 Å². The summed E-state index contributed by atoms with van der Waals surface area (Å²) in [5.41, 5.74) is 2.02. The molecule has 110 valence electrons. The summed E-state index contributed by atoms with van der Waals surface area (Å²) >= 11 is 0. The number of aryl methyl sites for hydroxylation is 1. The van der Waals surface area contributed by atoms with Gasteiger partial charge in [0.05, 0.1) is 0 Å². The maximum atomic E-state index is 14.7. The number of pyridine rings is 2. The molecule has 0 aliphatic heterocycles. The van der Waals surface area contributed by atoms with E-state index in [0.717, 1.165) is 10.9 Å². The molecule has 1 amide bonds. The number of nitrogens with zero attached hydrogens (tertiary/aromatic N) is 2. The van der Waals surface area contributed by atoms with Crippen LogP contribution in [-0.4, -0.2) is 22.9 Å². The van der Waals surface area contributed by atoms with E-state index in [0.29, 0.717) is 10.9 Å². The van der Waals surface area contributed by atoms with Crippen molar-refractivity contribution in [2.45, 2.75) is 6.92 Å². The van der Waals surface area contributed by atoms with Gasteiger partial charge >= 0.3 is 0 Å². The van der Waals surface area contributed by atoms with Crippen LogP contribution in [0.1, 0.15) is 16.1 Å². The monoisotopic (exact) mass is 295 g/mol. The quantitative estimate of drug-likeness (QED) is 0.790. The van der Waals surface area contributed by atoms with Crippen LogP contribution >= 0.6 is 0 Å². The lowest BCUT2D eigenvalue weighted by Crippen LogP contribution is -2.18. The Morgan fingerprint density at radius 2 is 1.91 bits per heavy atom. The van der Waals surface area contributed by atoms with Crippen molar-refractivity contribution in [2.75, 3.05) is 7.05 Å². The molecular formula is C17H14FN3O. The average Bonchev–Trinajstić information content (AvgIpc) is 2.55. The minimum absolute atomic E-state index is 0.231. The Morgan fingerprint density at radius 3 is 2.59 bits per heavy atom. The van der Waals surface area contributed by atoms with Crippen LogP contribution in [0.2, 0.25) is 0 Å². The van der Waals surface area contributed by atoms with E-state index < -0.39 is 0 Å². The fraction of sp³-hybridized carbons (Fsp3) is 0.118. The largest absolute Gasteiger partial charge is 0.354 e. The number of aromatic nitrogens is 2. The fourth-order valence-electron chi connectivity index (χ4n) is 2.35. The number of rotatable bonds is 2. The van der Waals surface area contributed by atoms with Gasteiger partial charge in [0.25, 0.3) is 5.91 Å². The van der Waals surface area contributed by atoms with Gasteiger partial charge in [0, 0.05) is 35.8 Å². The standard InChI is InChI=1S/C17H14FN3O/c1-10-4-3-5-12-13(10)9-21-16(15(12)18)11-6-7-14(20-8-11)17(22)19-2/h3-9H,1-2H3,(H,19,22). The first-order valence-corrected chi connectivity index (χ1v) is 6.84. The summed E-state index contributed by atoms with van der Waals surface area (Å²) in [5.74, 6) is -0.662. The van der Waals surface area contributed by atoms with Crippen LogP contribution in [0.25, 0.3) is 22.0 Å². The second kappa shape index (κ2) is 5.52. The molecule has 0 saturated carbocycles. The van der Waals surface area contributed by atoms with Crippen molar-refractivity contribution >= 4 is 16.7 Å². The highest BCUT2D eigenvalue weighted by Crippen LogP contribution is 2.27. The third-order valence-corrected chi connectivity index (χ3v) is 3.59. The highest BCUT2D eigenvalue weighted by atomic mass is 19.1. The topological polar surface area (TPSA) is 54.9 Å². The van der Waals surface area contributed by atoms with E-state index >= 15 is 0 Å². The molecule has 3 rings (SSSR count). The van der Waals surface area contributed by atoms with E-state index in [1.807, 2.05) is 19.1 Å². The van der Waals surface area contributed by atoms with E-state index in [1.165, 1.54) is 13.2 Å². The van der Waals surface area contributed by atoms with E-state index in [9.17, 15) is 9.18 Å². The highest BCUT2D eigenvalue weighted by Gasteiger charge is 2.13. The molecule has 0 fully saturated rings. The maximum Gasteiger partial charge on any atom is 0.269 e. The lowest BCUT2D eigenvalue weighted by molar-refractivity contribution is 0.0958. The van der Waals surface area contributed by atoms with E-state index in [2.05, 4.69) is 15.3 Å². The summed E-state index contributed by atoms with van der Waals surface area (Å²) in [5, 5.41) is 3.81. The van der Waals surface area contributed by atoms with Gasteiger partial charge < -0.3 is 5.32 Å². The molecule has 2 aromatic heterocycles. The Balaban J connectivity index is 2.10. The van der Waals surface area contributed by atoms with Crippen LogP contribution < -0.4 is 5.32 Å². The summed E-state index contributed by atoms with van der Waals surface area (Å²) in [6.07, 6.45) is 3.12. The Bertz CT molecular complexity index is 860. The summed E-state index contributed by atoms with van der Waals surface area (Å²) < 4.78 is 14.7. The minimum Gasteiger partial charge on any atom is -0.354 e. The molecule has 22 heavy (non-hydrogen) atoms. The molecule has 0 bridgehead atoms. The SMILES string of the molecule is CNC(=O)c1ccc(-c2ncc3c(C)cccc3c2F)cn1. The molecule has 0 aliphatic carbocycles. The van der Waals surface area contributed by atoms with Gasteiger partial charge in [0.15, 0.2) is 5.82 Å². The zero-order valence-electron chi connectivity index (χ0n) is 12.2. The van der Waals surface area contributed by atoms with Crippen LogP contribution in [0.5, 0.6) is 0 Å². The number of nitrogens with one attached hydrogen (secondary N) is 1. The smallest absolute Gasteiger partial charge is 0.269 e. The molecule has 0 atom stereocenters. The third kappa shape index (κ3) is 2.30. The lowest BCUT2D eigenvalue weighted by atomic mass is 10.0. The molecule has 0 spiro atoms. The first-order chi connectivity index (χ1) is 10.6. The van der Waals surface area contributed by atoms with Gasteiger partial charge in [-0.2, -0.15) is 0 Å². The number of amides is 1. The molecule has 0 saturated heterocycles. The Hall–Kier alpha value is -2.82. The molecule has 2 heterocycles. The van der Waals surface area contributed by atoms with E-state index in [1.54, 1.807) is 24.4 Å².